The summed E-state index contributed by atoms with van der Waals surface area (Å²) in [5.41, 5.74) is 3.63. The van der Waals surface area contributed by atoms with Crippen molar-refractivity contribution in [3.63, 3.8) is 0 Å². The van der Waals surface area contributed by atoms with Crippen molar-refractivity contribution in [2.24, 2.45) is 10.9 Å². The van der Waals surface area contributed by atoms with Gasteiger partial charge < -0.3 is 14.0 Å². The molecule has 2 unspecified atom stereocenters. The van der Waals surface area contributed by atoms with Crippen molar-refractivity contribution in [2.45, 2.75) is 26.3 Å². The molecule has 2 atom stereocenters. The van der Waals surface area contributed by atoms with Crippen molar-refractivity contribution >= 4 is 29.4 Å². The van der Waals surface area contributed by atoms with Crippen LogP contribution in [0.1, 0.15) is 36.5 Å². The van der Waals surface area contributed by atoms with Gasteiger partial charge in [0.2, 0.25) is 0 Å². The van der Waals surface area contributed by atoms with E-state index in [-0.39, 0.29) is 17.9 Å². The molecule has 3 aromatic rings. The van der Waals surface area contributed by atoms with E-state index in [1.807, 2.05) is 41.1 Å². The molecule has 0 spiro atoms. The number of nitro groups is 1. The SMILES string of the molecule is COC(=O)C1C(C)=NC(C)=C(C(=O)OCC=Cc2ccc(Cn3ccnc3)cc2)C1c1ccc([N+](=O)[O-])cc1. The Hall–Kier alpha value is -4.86. The molecule has 0 saturated heterocycles. The molecule has 4 rings (SSSR count). The van der Waals surface area contributed by atoms with Gasteiger partial charge in [0, 0.05) is 48.4 Å². The van der Waals surface area contributed by atoms with Gasteiger partial charge in [0.15, 0.2) is 0 Å². The molecule has 0 bridgehead atoms. The fraction of sp³-hybridized carbons (Fsp3) is 0.241. The van der Waals surface area contributed by atoms with E-state index in [1.165, 1.54) is 31.4 Å². The zero-order chi connectivity index (χ0) is 27.9. The van der Waals surface area contributed by atoms with E-state index in [9.17, 15) is 19.7 Å². The van der Waals surface area contributed by atoms with Gasteiger partial charge in [-0.2, -0.15) is 0 Å². The van der Waals surface area contributed by atoms with Gasteiger partial charge >= 0.3 is 11.9 Å². The molecule has 10 nitrogen and oxygen atoms in total. The highest BCUT2D eigenvalue weighted by molar-refractivity contribution is 6.07. The van der Waals surface area contributed by atoms with Gasteiger partial charge in [0.25, 0.3) is 5.69 Å². The van der Waals surface area contributed by atoms with Crippen LogP contribution in [0.3, 0.4) is 0 Å². The Morgan fingerprint density at radius 1 is 1.10 bits per heavy atom. The lowest BCUT2D eigenvalue weighted by atomic mass is 9.75. The molecule has 0 aliphatic carbocycles. The number of ether oxygens (including phenoxy) is 2. The highest BCUT2D eigenvalue weighted by Crippen LogP contribution is 2.40. The lowest BCUT2D eigenvalue weighted by molar-refractivity contribution is -0.384. The summed E-state index contributed by atoms with van der Waals surface area (Å²) in [6, 6.07) is 13.7. The maximum absolute atomic E-state index is 13.3. The van der Waals surface area contributed by atoms with Crippen molar-refractivity contribution in [1.29, 1.82) is 0 Å². The molecular formula is C29H28N4O6. The predicted octanol–water partition coefficient (Wildman–Crippen LogP) is 4.72. The molecule has 1 aromatic heterocycles. The Morgan fingerprint density at radius 2 is 1.82 bits per heavy atom. The minimum atomic E-state index is -0.876. The molecule has 39 heavy (non-hydrogen) atoms. The average molecular weight is 529 g/mol. The Labute approximate surface area is 225 Å². The van der Waals surface area contributed by atoms with Crippen LogP contribution in [0.4, 0.5) is 5.69 Å². The third kappa shape index (κ3) is 6.35. The number of benzene rings is 2. The number of esters is 2. The largest absolute Gasteiger partial charge is 0.468 e. The first kappa shape index (κ1) is 27.2. The van der Waals surface area contributed by atoms with Crippen LogP contribution in [0.15, 0.2) is 89.6 Å². The lowest BCUT2D eigenvalue weighted by Crippen LogP contribution is -2.36. The summed E-state index contributed by atoms with van der Waals surface area (Å²) in [4.78, 5) is 45.1. The fourth-order valence-electron chi connectivity index (χ4n) is 4.61. The maximum Gasteiger partial charge on any atom is 0.336 e. The molecule has 0 saturated carbocycles. The molecule has 200 valence electrons. The van der Waals surface area contributed by atoms with Gasteiger partial charge in [-0.15, -0.1) is 0 Å². The van der Waals surface area contributed by atoms with E-state index >= 15 is 0 Å². The van der Waals surface area contributed by atoms with Crippen LogP contribution < -0.4 is 0 Å². The van der Waals surface area contributed by atoms with Gasteiger partial charge in [-0.25, -0.2) is 9.78 Å². The number of rotatable bonds is 9. The first-order valence-electron chi connectivity index (χ1n) is 12.2. The topological polar surface area (TPSA) is 126 Å². The summed E-state index contributed by atoms with van der Waals surface area (Å²) >= 11 is 0. The number of aliphatic imine (C=N–C) groups is 1. The molecule has 0 N–H and O–H groups in total. The summed E-state index contributed by atoms with van der Waals surface area (Å²) in [5.74, 6) is -2.83. The Bertz CT molecular complexity index is 1440. The third-order valence-electron chi connectivity index (χ3n) is 6.49. The second kappa shape index (κ2) is 12.1. The quantitative estimate of drug-likeness (QED) is 0.223. The first-order chi connectivity index (χ1) is 18.8. The van der Waals surface area contributed by atoms with E-state index in [2.05, 4.69) is 9.98 Å². The number of nitrogens with zero attached hydrogens (tertiary/aromatic N) is 4. The molecular weight excluding hydrogens is 500 g/mol. The maximum atomic E-state index is 13.3. The zero-order valence-electron chi connectivity index (χ0n) is 21.8. The minimum absolute atomic E-state index is 0.00493. The van der Waals surface area contributed by atoms with Gasteiger partial charge in [-0.1, -0.05) is 42.5 Å². The van der Waals surface area contributed by atoms with Crippen molar-refractivity contribution in [3.8, 4) is 0 Å². The van der Waals surface area contributed by atoms with Gasteiger partial charge in [0.05, 0.1) is 23.9 Å². The van der Waals surface area contributed by atoms with E-state index in [4.69, 9.17) is 9.47 Å². The number of methoxy groups -OCH3 is 1. The van der Waals surface area contributed by atoms with Crippen LogP contribution in [0.2, 0.25) is 0 Å². The van der Waals surface area contributed by atoms with Crippen LogP contribution in [-0.4, -0.2) is 45.8 Å². The molecule has 1 aliphatic rings. The Kier molecular flexibility index (Phi) is 8.45. The van der Waals surface area contributed by atoms with E-state index in [1.54, 1.807) is 32.4 Å². The van der Waals surface area contributed by atoms with Gasteiger partial charge in [0.1, 0.15) is 12.5 Å². The van der Waals surface area contributed by atoms with Crippen LogP contribution in [0.5, 0.6) is 0 Å². The van der Waals surface area contributed by atoms with Crippen molar-refractivity contribution in [1.82, 2.24) is 9.55 Å². The number of non-ortho nitro benzene ring substituents is 1. The third-order valence-corrected chi connectivity index (χ3v) is 6.49. The first-order valence-corrected chi connectivity index (χ1v) is 12.2. The molecule has 2 heterocycles. The van der Waals surface area contributed by atoms with Crippen molar-refractivity contribution < 1.29 is 24.0 Å². The van der Waals surface area contributed by atoms with Crippen molar-refractivity contribution in [3.05, 3.63) is 111 Å². The Morgan fingerprint density at radius 3 is 2.44 bits per heavy atom. The summed E-state index contributed by atoms with van der Waals surface area (Å²) in [6.07, 6.45) is 8.98. The van der Waals surface area contributed by atoms with Crippen LogP contribution >= 0.6 is 0 Å². The highest BCUT2D eigenvalue weighted by atomic mass is 16.6. The van der Waals surface area contributed by atoms with Gasteiger partial charge in [-0.05, 0) is 36.6 Å². The zero-order valence-corrected chi connectivity index (χ0v) is 21.8. The number of aromatic nitrogens is 2. The fourth-order valence-corrected chi connectivity index (χ4v) is 4.61. The lowest BCUT2D eigenvalue weighted by Gasteiger charge is -2.31. The summed E-state index contributed by atoms with van der Waals surface area (Å²) in [5, 5.41) is 11.1. The van der Waals surface area contributed by atoms with Crippen LogP contribution in [0, 0.1) is 16.0 Å². The van der Waals surface area contributed by atoms with Crippen LogP contribution in [0.25, 0.3) is 6.08 Å². The van der Waals surface area contributed by atoms with Gasteiger partial charge in [-0.3, -0.25) is 19.9 Å². The molecule has 0 fully saturated rings. The molecule has 0 radical (unpaired) electrons. The smallest absolute Gasteiger partial charge is 0.336 e. The summed E-state index contributed by atoms with van der Waals surface area (Å²) in [6.45, 7) is 4.09. The number of allylic oxidation sites excluding steroid dienone is 1. The van der Waals surface area contributed by atoms with E-state index in [0.717, 1.165) is 17.7 Å². The number of hydrogen-bond acceptors (Lipinski definition) is 8. The number of imidazole rings is 1. The average Bonchev–Trinajstić information content (AvgIpc) is 3.44. The number of carbonyl (C=O) groups is 2. The monoisotopic (exact) mass is 528 g/mol. The van der Waals surface area contributed by atoms with Crippen LogP contribution in [-0.2, 0) is 25.6 Å². The molecule has 10 heteroatoms. The number of hydrogen-bond donors (Lipinski definition) is 0. The molecule has 1 aliphatic heterocycles. The summed E-state index contributed by atoms with van der Waals surface area (Å²) < 4.78 is 12.5. The molecule has 2 aromatic carbocycles. The number of carbonyl (C=O) groups excluding carboxylic acids is 2. The van der Waals surface area contributed by atoms with E-state index < -0.39 is 28.7 Å². The number of nitro benzene ring substituents is 1. The summed E-state index contributed by atoms with van der Waals surface area (Å²) in [7, 11) is 1.26. The predicted molar refractivity (Wildman–Crippen MR) is 145 cm³/mol. The Balaban J connectivity index is 1.49. The second-order valence-corrected chi connectivity index (χ2v) is 9.06. The second-order valence-electron chi connectivity index (χ2n) is 9.06. The molecule has 0 amide bonds. The van der Waals surface area contributed by atoms with Crippen molar-refractivity contribution in [2.75, 3.05) is 13.7 Å². The highest BCUT2D eigenvalue weighted by Gasteiger charge is 2.42. The van der Waals surface area contributed by atoms with E-state index in [0.29, 0.717) is 17.0 Å². The standard InChI is InChI=1S/C29H28N4O6/c1-19-25(28(34)38-3)27(23-10-12-24(13-11-23)33(36)37)26(20(2)31-19)29(35)39-16-4-5-21-6-8-22(9-7-21)17-32-15-14-30-18-32/h4-15,18,25,27H,16-17H2,1-3H3. The normalized spacial score (nSPS) is 17.2. The minimum Gasteiger partial charge on any atom is -0.468 e.